The van der Waals surface area contributed by atoms with Gasteiger partial charge >= 0.3 is 0 Å². The Morgan fingerprint density at radius 1 is 1.39 bits per heavy atom. The van der Waals surface area contributed by atoms with Crippen LogP contribution in [0.15, 0.2) is 30.7 Å². The maximum atomic E-state index is 13.5. The molecule has 0 saturated carbocycles. The second kappa shape index (κ2) is 4.66. The van der Waals surface area contributed by atoms with Gasteiger partial charge in [-0.15, -0.1) is 0 Å². The summed E-state index contributed by atoms with van der Waals surface area (Å²) in [5.41, 5.74) is 10.5. The average Bonchev–Trinajstić information content (AvgIpc) is 2.31. The summed E-state index contributed by atoms with van der Waals surface area (Å²) in [6, 6.07) is 3.88. The Morgan fingerprint density at radius 3 is 2.83 bits per heavy atom. The van der Waals surface area contributed by atoms with E-state index >= 15 is 0 Å². The molecule has 6 nitrogen and oxygen atoms in total. The Bertz CT molecular complexity index is 603. The minimum atomic E-state index is -0.935. The first-order valence-electron chi connectivity index (χ1n) is 4.91. The van der Waals surface area contributed by atoms with Crippen LogP contribution in [0.3, 0.4) is 0 Å². The van der Waals surface area contributed by atoms with Crippen molar-refractivity contribution in [1.82, 2.24) is 9.97 Å². The molecule has 0 radical (unpaired) electrons. The van der Waals surface area contributed by atoms with Gasteiger partial charge in [0.15, 0.2) is 0 Å². The lowest BCUT2D eigenvalue weighted by Crippen LogP contribution is -2.14. The van der Waals surface area contributed by atoms with E-state index in [1.54, 1.807) is 0 Å². The Labute approximate surface area is 101 Å². The molecule has 0 aliphatic carbocycles. The zero-order valence-electron chi connectivity index (χ0n) is 9.13. The molecule has 1 amide bonds. The number of amides is 1. The standard InChI is InChI=1S/C11H9FN4O2/c12-6-2-1-3-8(9(6)10(14)17)18-11-7(13)4-15-5-16-11/h1-5H,13H2,(H2,14,17). The van der Waals surface area contributed by atoms with Crippen LogP contribution in [0, 0.1) is 5.82 Å². The summed E-state index contributed by atoms with van der Waals surface area (Å²) >= 11 is 0. The van der Waals surface area contributed by atoms with E-state index in [0.717, 1.165) is 6.07 Å². The predicted octanol–water partition coefficient (Wildman–Crippen LogP) is 1.09. The summed E-state index contributed by atoms with van der Waals surface area (Å²) in [5, 5.41) is 0. The van der Waals surface area contributed by atoms with Crippen molar-refractivity contribution in [2.45, 2.75) is 0 Å². The van der Waals surface area contributed by atoms with Crippen LogP contribution in [0.2, 0.25) is 0 Å². The molecule has 0 aliphatic rings. The molecular weight excluding hydrogens is 239 g/mol. The maximum Gasteiger partial charge on any atom is 0.255 e. The van der Waals surface area contributed by atoms with Crippen molar-refractivity contribution in [3.05, 3.63) is 42.1 Å². The van der Waals surface area contributed by atoms with Crippen molar-refractivity contribution in [2.75, 3.05) is 5.73 Å². The SMILES string of the molecule is NC(=O)c1c(F)cccc1Oc1ncncc1N. The summed E-state index contributed by atoms with van der Waals surface area (Å²) < 4.78 is 18.7. The Hall–Kier alpha value is -2.70. The van der Waals surface area contributed by atoms with Gasteiger partial charge in [0.1, 0.15) is 29.1 Å². The molecule has 92 valence electrons. The number of primary amides is 1. The van der Waals surface area contributed by atoms with E-state index in [0.29, 0.717) is 0 Å². The van der Waals surface area contributed by atoms with Gasteiger partial charge in [0.25, 0.3) is 5.91 Å². The number of nitrogens with two attached hydrogens (primary N) is 2. The summed E-state index contributed by atoms with van der Waals surface area (Å²) in [4.78, 5) is 18.6. The van der Waals surface area contributed by atoms with Crippen molar-refractivity contribution in [1.29, 1.82) is 0 Å². The van der Waals surface area contributed by atoms with Crippen LogP contribution in [0.5, 0.6) is 11.6 Å². The number of nitrogens with zero attached hydrogens (tertiary/aromatic N) is 2. The Balaban J connectivity index is 2.44. The lowest BCUT2D eigenvalue weighted by Gasteiger charge is -2.09. The molecular formula is C11H9FN4O2. The van der Waals surface area contributed by atoms with Gasteiger partial charge in [0, 0.05) is 0 Å². The van der Waals surface area contributed by atoms with E-state index < -0.39 is 11.7 Å². The number of hydrogen-bond donors (Lipinski definition) is 2. The molecule has 1 heterocycles. The van der Waals surface area contributed by atoms with Gasteiger partial charge in [0.2, 0.25) is 5.88 Å². The van der Waals surface area contributed by atoms with Crippen LogP contribution in [0.1, 0.15) is 10.4 Å². The van der Waals surface area contributed by atoms with Crippen LogP contribution in [-0.2, 0) is 0 Å². The van der Waals surface area contributed by atoms with Gasteiger partial charge in [-0.2, -0.15) is 4.98 Å². The Kier molecular flexibility index (Phi) is 3.05. The minimum absolute atomic E-state index is 0.0260. The number of anilines is 1. The van der Waals surface area contributed by atoms with Gasteiger partial charge < -0.3 is 16.2 Å². The van der Waals surface area contributed by atoms with E-state index in [1.165, 1.54) is 24.7 Å². The highest BCUT2D eigenvalue weighted by molar-refractivity contribution is 5.96. The number of carbonyl (C=O) groups is 1. The molecule has 0 atom stereocenters. The molecule has 4 N–H and O–H groups in total. The molecule has 0 fully saturated rings. The van der Waals surface area contributed by atoms with Crippen molar-refractivity contribution >= 4 is 11.6 Å². The summed E-state index contributed by atoms with van der Waals surface area (Å²) in [5.74, 6) is -1.73. The summed E-state index contributed by atoms with van der Waals surface area (Å²) in [6.45, 7) is 0. The number of benzene rings is 1. The molecule has 18 heavy (non-hydrogen) atoms. The molecule has 1 aromatic carbocycles. The number of rotatable bonds is 3. The first-order valence-corrected chi connectivity index (χ1v) is 4.91. The minimum Gasteiger partial charge on any atom is -0.436 e. The molecule has 0 bridgehead atoms. The molecule has 0 saturated heterocycles. The average molecular weight is 248 g/mol. The third-order valence-corrected chi connectivity index (χ3v) is 2.13. The van der Waals surface area contributed by atoms with Crippen LogP contribution in [0.25, 0.3) is 0 Å². The third kappa shape index (κ3) is 2.19. The number of ether oxygens (including phenoxy) is 1. The zero-order valence-corrected chi connectivity index (χ0v) is 9.13. The molecule has 2 rings (SSSR count). The second-order valence-electron chi connectivity index (χ2n) is 3.36. The highest BCUT2D eigenvalue weighted by atomic mass is 19.1. The topological polar surface area (TPSA) is 104 Å². The normalized spacial score (nSPS) is 10.1. The first-order chi connectivity index (χ1) is 8.59. The molecule has 0 unspecified atom stereocenters. The number of halogens is 1. The highest BCUT2D eigenvalue weighted by Gasteiger charge is 2.16. The van der Waals surface area contributed by atoms with E-state index in [9.17, 15) is 9.18 Å². The predicted molar refractivity (Wildman–Crippen MR) is 61.4 cm³/mol. The smallest absolute Gasteiger partial charge is 0.255 e. The van der Waals surface area contributed by atoms with Gasteiger partial charge in [-0.1, -0.05) is 6.07 Å². The van der Waals surface area contributed by atoms with Crippen molar-refractivity contribution in [2.24, 2.45) is 5.73 Å². The van der Waals surface area contributed by atoms with Gasteiger partial charge in [-0.25, -0.2) is 9.37 Å². The largest absolute Gasteiger partial charge is 0.436 e. The summed E-state index contributed by atoms with van der Waals surface area (Å²) in [7, 11) is 0. The van der Waals surface area contributed by atoms with E-state index in [2.05, 4.69) is 9.97 Å². The second-order valence-corrected chi connectivity index (χ2v) is 3.36. The summed E-state index contributed by atoms with van der Waals surface area (Å²) in [6.07, 6.45) is 2.54. The van der Waals surface area contributed by atoms with Crippen LogP contribution in [0.4, 0.5) is 10.1 Å². The van der Waals surface area contributed by atoms with Crippen molar-refractivity contribution in [3.8, 4) is 11.6 Å². The van der Waals surface area contributed by atoms with Crippen LogP contribution >= 0.6 is 0 Å². The molecule has 1 aromatic heterocycles. The fourth-order valence-electron chi connectivity index (χ4n) is 1.35. The van der Waals surface area contributed by atoms with Crippen LogP contribution in [-0.4, -0.2) is 15.9 Å². The van der Waals surface area contributed by atoms with E-state index in [4.69, 9.17) is 16.2 Å². The molecule has 0 spiro atoms. The van der Waals surface area contributed by atoms with Gasteiger partial charge in [-0.3, -0.25) is 4.79 Å². The first kappa shape index (κ1) is 11.8. The zero-order chi connectivity index (χ0) is 13.1. The fraction of sp³-hybridized carbons (Fsp3) is 0. The third-order valence-electron chi connectivity index (χ3n) is 2.13. The lowest BCUT2D eigenvalue weighted by atomic mass is 10.2. The quantitative estimate of drug-likeness (QED) is 0.845. The fourth-order valence-corrected chi connectivity index (χ4v) is 1.35. The molecule has 0 aliphatic heterocycles. The van der Waals surface area contributed by atoms with E-state index in [1.807, 2.05) is 0 Å². The number of aromatic nitrogens is 2. The van der Waals surface area contributed by atoms with Crippen molar-refractivity contribution < 1.29 is 13.9 Å². The number of hydrogen-bond acceptors (Lipinski definition) is 5. The highest BCUT2D eigenvalue weighted by Crippen LogP contribution is 2.28. The monoisotopic (exact) mass is 248 g/mol. The lowest BCUT2D eigenvalue weighted by molar-refractivity contribution is 0.0994. The number of nitrogen functional groups attached to an aromatic ring is 1. The maximum absolute atomic E-state index is 13.5. The Morgan fingerprint density at radius 2 is 2.17 bits per heavy atom. The number of carbonyl (C=O) groups excluding carboxylic acids is 1. The molecule has 2 aromatic rings. The van der Waals surface area contributed by atoms with Crippen LogP contribution < -0.4 is 16.2 Å². The van der Waals surface area contributed by atoms with Gasteiger partial charge in [-0.05, 0) is 12.1 Å². The van der Waals surface area contributed by atoms with Gasteiger partial charge in [0.05, 0.1) is 6.20 Å². The molecule has 7 heteroatoms. The van der Waals surface area contributed by atoms with E-state index in [-0.39, 0.29) is 22.9 Å². The van der Waals surface area contributed by atoms with Crippen molar-refractivity contribution in [3.63, 3.8) is 0 Å².